The molecule has 3 heterocycles. The SMILES string of the molecule is CN(c1ncnc2[nH]ccc12)[C@H]1C[C@@H]2CN(C(=O)NCC(=O)OC(C)(C)C)C[C@@H]2C1. The van der Waals surface area contributed by atoms with Crippen molar-refractivity contribution in [3.63, 3.8) is 0 Å². The van der Waals surface area contributed by atoms with Crippen molar-refractivity contribution in [2.45, 2.75) is 45.3 Å². The average molecular weight is 415 g/mol. The number of hydrogen-bond donors (Lipinski definition) is 2. The van der Waals surface area contributed by atoms with Crippen LogP contribution >= 0.6 is 0 Å². The number of H-pyrrole nitrogens is 1. The Hall–Kier alpha value is -2.84. The predicted molar refractivity (Wildman–Crippen MR) is 113 cm³/mol. The normalized spacial score (nSPS) is 23.5. The molecule has 2 N–H and O–H groups in total. The van der Waals surface area contributed by atoms with E-state index in [4.69, 9.17) is 4.74 Å². The molecule has 2 aromatic rings. The van der Waals surface area contributed by atoms with Gasteiger partial charge in [0, 0.05) is 32.4 Å². The number of aromatic amines is 1. The van der Waals surface area contributed by atoms with Crippen LogP contribution in [0.5, 0.6) is 0 Å². The van der Waals surface area contributed by atoms with Crippen molar-refractivity contribution in [3.05, 3.63) is 18.6 Å². The second kappa shape index (κ2) is 7.77. The smallest absolute Gasteiger partial charge is 0.325 e. The van der Waals surface area contributed by atoms with Crippen LogP contribution in [0, 0.1) is 11.8 Å². The number of nitrogens with zero attached hydrogens (tertiary/aromatic N) is 4. The first kappa shape index (κ1) is 20.4. The zero-order valence-corrected chi connectivity index (χ0v) is 18.0. The van der Waals surface area contributed by atoms with E-state index >= 15 is 0 Å². The maximum Gasteiger partial charge on any atom is 0.325 e. The van der Waals surface area contributed by atoms with Crippen molar-refractivity contribution in [3.8, 4) is 0 Å². The summed E-state index contributed by atoms with van der Waals surface area (Å²) in [7, 11) is 2.09. The van der Waals surface area contributed by atoms with Crippen LogP contribution in [0.15, 0.2) is 18.6 Å². The number of carbonyl (C=O) groups is 2. The minimum absolute atomic E-state index is 0.103. The quantitative estimate of drug-likeness (QED) is 0.743. The molecule has 9 nitrogen and oxygen atoms in total. The number of rotatable bonds is 4. The monoisotopic (exact) mass is 414 g/mol. The Kier molecular flexibility index (Phi) is 5.29. The van der Waals surface area contributed by atoms with Crippen molar-refractivity contribution < 1.29 is 14.3 Å². The van der Waals surface area contributed by atoms with Crippen LogP contribution in [-0.2, 0) is 9.53 Å². The van der Waals surface area contributed by atoms with Crippen LogP contribution in [0.25, 0.3) is 11.0 Å². The molecule has 1 saturated carbocycles. The third-order valence-corrected chi connectivity index (χ3v) is 6.03. The van der Waals surface area contributed by atoms with Gasteiger partial charge in [0.15, 0.2) is 0 Å². The summed E-state index contributed by atoms with van der Waals surface area (Å²) >= 11 is 0. The highest BCUT2D eigenvalue weighted by atomic mass is 16.6. The molecular weight excluding hydrogens is 384 g/mol. The van der Waals surface area contributed by atoms with Crippen LogP contribution in [0.3, 0.4) is 0 Å². The van der Waals surface area contributed by atoms with Gasteiger partial charge in [0.1, 0.15) is 29.9 Å². The van der Waals surface area contributed by atoms with E-state index in [-0.39, 0.29) is 12.6 Å². The standard InChI is InChI=1S/C21H30N6O3/c1-21(2,3)30-17(28)9-23-20(29)27-10-13-7-15(8-14(13)11-27)26(4)19-16-5-6-22-18(16)24-12-25-19/h5-6,12-15H,7-11H2,1-4H3,(H,23,29)(H,22,24,25)/t13-,14+,15+. The fraction of sp³-hybridized carbons (Fsp3) is 0.619. The number of amides is 2. The van der Waals surface area contributed by atoms with Crippen molar-refractivity contribution >= 4 is 28.9 Å². The number of anilines is 1. The van der Waals surface area contributed by atoms with E-state index in [9.17, 15) is 9.59 Å². The first-order chi connectivity index (χ1) is 14.2. The third kappa shape index (κ3) is 4.20. The average Bonchev–Trinajstić information content (AvgIpc) is 3.37. The maximum atomic E-state index is 12.5. The molecule has 2 aliphatic rings. The third-order valence-electron chi connectivity index (χ3n) is 6.03. The van der Waals surface area contributed by atoms with E-state index in [2.05, 4.69) is 32.2 Å². The number of carbonyl (C=O) groups excluding carboxylic acids is 2. The number of ether oxygens (including phenoxy) is 1. The second-order valence-electron chi connectivity index (χ2n) is 9.34. The Morgan fingerprint density at radius 2 is 1.97 bits per heavy atom. The topological polar surface area (TPSA) is 103 Å². The lowest BCUT2D eigenvalue weighted by Crippen LogP contribution is -2.43. The number of esters is 1. The highest BCUT2D eigenvalue weighted by Gasteiger charge is 2.44. The number of hydrogen-bond acceptors (Lipinski definition) is 6. The van der Waals surface area contributed by atoms with Gasteiger partial charge >= 0.3 is 12.0 Å². The van der Waals surface area contributed by atoms with Crippen molar-refractivity contribution in [2.75, 3.05) is 31.6 Å². The van der Waals surface area contributed by atoms with E-state index < -0.39 is 11.6 Å². The van der Waals surface area contributed by atoms with Gasteiger partial charge in [0.2, 0.25) is 0 Å². The fourth-order valence-corrected chi connectivity index (χ4v) is 4.70. The van der Waals surface area contributed by atoms with Crippen LogP contribution < -0.4 is 10.2 Å². The summed E-state index contributed by atoms with van der Waals surface area (Å²) in [5.74, 6) is 1.46. The van der Waals surface area contributed by atoms with Crippen LogP contribution in [0.2, 0.25) is 0 Å². The van der Waals surface area contributed by atoms with Gasteiger partial charge in [-0.25, -0.2) is 14.8 Å². The number of aromatic nitrogens is 3. The molecule has 30 heavy (non-hydrogen) atoms. The van der Waals surface area contributed by atoms with E-state index in [0.29, 0.717) is 17.9 Å². The number of urea groups is 1. The predicted octanol–water partition coefficient (Wildman–Crippen LogP) is 2.16. The maximum absolute atomic E-state index is 12.5. The lowest BCUT2D eigenvalue weighted by atomic mass is 10.0. The summed E-state index contributed by atoms with van der Waals surface area (Å²) in [6.45, 7) is 6.77. The summed E-state index contributed by atoms with van der Waals surface area (Å²) in [4.78, 5) is 40.3. The Morgan fingerprint density at radius 3 is 2.63 bits per heavy atom. The van der Waals surface area contributed by atoms with Crippen LogP contribution in [-0.4, -0.2) is 70.2 Å². The van der Waals surface area contributed by atoms with Gasteiger partial charge in [-0.05, 0) is 51.5 Å². The van der Waals surface area contributed by atoms with E-state index in [1.807, 2.05) is 37.9 Å². The van der Waals surface area contributed by atoms with E-state index in [0.717, 1.165) is 42.8 Å². The molecular formula is C21H30N6O3. The summed E-state index contributed by atoms with van der Waals surface area (Å²) in [6.07, 6.45) is 5.52. The molecule has 2 aromatic heterocycles. The van der Waals surface area contributed by atoms with Gasteiger partial charge in [-0.15, -0.1) is 0 Å². The summed E-state index contributed by atoms with van der Waals surface area (Å²) in [5.41, 5.74) is 0.293. The lowest BCUT2D eigenvalue weighted by molar-refractivity contribution is -0.153. The van der Waals surface area contributed by atoms with E-state index in [1.165, 1.54) is 0 Å². The van der Waals surface area contributed by atoms with Crippen LogP contribution in [0.1, 0.15) is 33.6 Å². The molecule has 3 atom stereocenters. The Morgan fingerprint density at radius 1 is 1.27 bits per heavy atom. The summed E-state index contributed by atoms with van der Waals surface area (Å²) in [5, 5.41) is 3.72. The summed E-state index contributed by atoms with van der Waals surface area (Å²) < 4.78 is 5.24. The molecule has 1 saturated heterocycles. The molecule has 9 heteroatoms. The van der Waals surface area contributed by atoms with Gasteiger partial charge in [-0.2, -0.15) is 0 Å². The Balaban J connectivity index is 1.30. The largest absolute Gasteiger partial charge is 0.459 e. The van der Waals surface area contributed by atoms with Gasteiger partial charge in [-0.3, -0.25) is 4.79 Å². The Labute approximate surface area is 176 Å². The van der Waals surface area contributed by atoms with Crippen molar-refractivity contribution in [2.24, 2.45) is 11.8 Å². The molecule has 1 aliphatic carbocycles. The molecule has 0 bridgehead atoms. The molecule has 2 fully saturated rings. The van der Waals surface area contributed by atoms with Crippen molar-refractivity contribution in [1.29, 1.82) is 0 Å². The zero-order valence-electron chi connectivity index (χ0n) is 18.0. The number of nitrogens with one attached hydrogen (secondary N) is 2. The van der Waals surface area contributed by atoms with Crippen molar-refractivity contribution in [1.82, 2.24) is 25.2 Å². The molecule has 0 aromatic carbocycles. The fourth-order valence-electron chi connectivity index (χ4n) is 4.70. The molecule has 4 rings (SSSR count). The molecule has 162 valence electrons. The number of fused-ring (bicyclic) bond motifs is 2. The Bertz CT molecular complexity index is 922. The highest BCUT2D eigenvalue weighted by molar-refractivity contribution is 5.87. The number of likely N-dealkylation sites (tertiary alicyclic amines) is 1. The van der Waals surface area contributed by atoms with Gasteiger partial charge < -0.3 is 24.8 Å². The minimum Gasteiger partial charge on any atom is -0.459 e. The van der Waals surface area contributed by atoms with Gasteiger partial charge in [0.05, 0.1) is 5.39 Å². The van der Waals surface area contributed by atoms with E-state index in [1.54, 1.807) is 6.33 Å². The second-order valence-corrected chi connectivity index (χ2v) is 9.34. The summed E-state index contributed by atoms with van der Waals surface area (Å²) in [6, 6.07) is 2.21. The molecule has 0 spiro atoms. The zero-order chi connectivity index (χ0) is 21.5. The van der Waals surface area contributed by atoms with Gasteiger partial charge in [-0.1, -0.05) is 0 Å². The van der Waals surface area contributed by atoms with Crippen LogP contribution in [0.4, 0.5) is 10.6 Å². The molecule has 0 unspecified atom stereocenters. The first-order valence-electron chi connectivity index (χ1n) is 10.5. The van der Waals surface area contributed by atoms with Gasteiger partial charge in [0.25, 0.3) is 0 Å². The molecule has 0 radical (unpaired) electrons. The molecule has 1 aliphatic heterocycles. The molecule has 2 amide bonds. The highest BCUT2D eigenvalue weighted by Crippen LogP contribution is 2.41. The minimum atomic E-state index is -0.552. The first-order valence-corrected chi connectivity index (χ1v) is 10.5. The lowest BCUT2D eigenvalue weighted by Gasteiger charge is -2.28.